The van der Waals surface area contributed by atoms with Crippen LogP contribution in [0.15, 0.2) is 0 Å². The van der Waals surface area contributed by atoms with Crippen LogP contribution in [-0.2, 0) is 4.79 Å². The summed E-state index contributed by atoms with van der Waals surface area (Å²) >= 11 is 0. The smallest absolute Gasteiger partial charge is 0.222 e. The lowest BCUT2D eigenvalue weighted by Crippen LogP contribution is -2.26. The quantitative estimate of drug-likeness (QED) is 0.597. The molecule has 17 heavy (non-hydrogen) atoms. The molecule has 0 fully saturated rings. The third-order valence-electron chi connectivity index (χ3n) is 3.22. The molecule has 1 amide bonds. The van der Waals surface area contributed by atoms with Gasteiger partial charge in [0.25, 0.3) is 0 Å². The van der Waals surface area contributed by atoms with Crippen molar-refractivity contribution in [2.24, 2.45) is 5.92 Å². The van der Waals surface area contributed by atoms with Crippen LogP contribution >= 0.6 is 0 Å². The summed E-state index contributed by atoms with van der Waals surface area (Å²) in [6, 6.07) is 0. The second-order valence-electron chi connectivity index (χ2n) is 5.01. The lowest BCUT2D eigenvalue weighted by molar-refractivity contribution is -0.128. The summed E-state index contributed by atoms with van der Waals surface area (Å²) in [5, 5.41) is 3.47. The summed E-state index contributed by atoms with van der Waals surface area (Å²) in [4.78, 5) is 13.0. The van der Waals surface area contributed by atoms with Crippen LogP contribution in [-0.4, -0.2) is 38.0 Å². The minimum atomic E-state index is 0.227. The van der Waals surface area contributed by atoms with E-state index in [-0.39, 0.29) is 5.91 Å². The molecule has 0 aromatic carbocycles. The first kappa shape index (κ1) is 16.4. The molecular weight excluding hydrogens is 212 g/mol. The van der Waals surface area contributed by atoms with Gasteiger partial charge < -0.3 is 10.2 Å². The van der Waals surface area contributed by atoms with E-state index < -0.39 is 0 Å². The van der Waals surface area contributed by atoms with E-state index >= 15 is 0 Å². The number of unbranched alkanes of at least 4 members (excludes halogenated alkanes) is 1. The van der Waals surface area contributed by atoms with Gasteiger partial charge in [-0.1, -0.05) is 33.1 Å². The van der Waals surface area contributed by atoms with E-state index in [9.17, 15) is 4.79 Å². The number of nitrogens with zero attached hydrogens (tertiary/aromatic N) is 1. The molecule has 0 aliphatic carbocycles. The predicted molar refractivity (Wildman–Crippen MR) is 74.1 cm³/mol. The molecule has 0 rings (SSSR count). The molecule has 1 unspecified atom stereocenters. The average Bonchev–Trinajstić information content (AvgIpc) is 2.32. The zero-order valence-corrected chi connectivity index (χ0v) is 12.1. The fourth-order valence-electron chi connectivity index (χ4n) is 1.84. The van der Waals surface area contributed by atoms with Crippen LogP contribution in [0.4, 0.5) is 0 Å². The molecule has 0 aliphatic heterocycles. The number of carbonyl (C=O) groups is 1. The molecule has 0 heterocycles. The molecule has 0 bridgehead atoms. The zero-order chi connectivity index (χ0) is 13.1. The first-order valence-corrected chi connectivity index (χ1v) is 7.02. The minimum absolute atomic E-state index is 0.227. The zero-order valence-electron chi connectivity index (χ0n) is 12.1. The van der Waals surface area contributed by atoms with Gasteiger partial charge >= 0.3 is 0 Å². The Labute approximate surface area is 107 Å². The van der Waals surface area contributed by atoms with Crippen molar-refractivity contribution in [2.45, 2.75) is 52.4 Å². The largest absolute Gasteiger partial charge is 0.349 e. The van der Waals surface area contributed by atoms with E-state index in [0.29, 0.717) is 6.42 Å². The molecule has 3 heteroatoms. The number of nitrogens with one attached hydrogen (secondary N) is 1. The number of amides is 1. The normalized spacial score (nSPS) is 12.5. The van der Waals surface area contributed by atoms with Gasteiger partial charge in [-0.3, -0.25) is 4.79 Å². The maximum atomic E-state index is 11.3. The molecule has 0 aromatic heterocycles. The van der Waals surface area contributed by atoms with Crippen molar-refractivity contribution in [3.8, 4) is 0 Å². The summed E-state index contributed by atoms with van der Waals surface area (Å²) < 4.78 is 0. The van der Waals surface area contributed by atoms with Crippen LogP contribution < -0.4 is 5.32 Å². The molecule has 3 nitrogen and oxygen atoms in total. The van der Waals surface area contributed by atoms with Crippen molar-refractivity contribution in [3.63, 3.8) is 0 Å². The van der Waals surface area contributed by atoms with E-state index in [1.165, 1.54) is 25.7 Å². The van der Waals surface area contributed by atoms with Gasteiger partial charge in [0.15, 0.2) is 0 Å². The first-order valence-electron chi connectivity index (χ1n) is 7.02. The van der Waals surface area contributed by atoms with Crippen molar-refractivity contribution >= 4 is 5.91 Å². The standard InChI is InChI=1S/C14H30N2O/c1-5-7-9-13(6-2)12-15-11-8-10-14(17)16(3)4/h13,15H,5-12H2,1-4H3. The first-order chi connectivity index (χ1) is 8.11. The summed E-state index contributed by atoms with van der Waals surface area (Å²) in [6.07, 6.45) is 6.81. The maximum Gasteiger partial charge on any atom is 0.222 e. The fourth-order valence-corrected chi connectivity index (χ4v) is 1.84. The van der Waals surface area contributed by atoms with E-state index in [2.05, 4.69) is 19.2 Å². The average molecular weight is 242 g/mol. The Hall–Kier alpha value is -0.570. The lowest BCUT2D eigenvalue weighted by atomic mass is 9.99. The third-order valence-corrected chi connectivity index (χ3v) is 3.22. The molecule has 0 saturated carbocycles. The number of rotatable bonds is 10. The molecule has 0 saturated heterocycles. The maximum absolute atomic E-state index is 11.3. The van der Waals surface area contributed by atoms with Crippen molar-refractivity contribution in [3.05, 3.63) is 0 Å². The Morgan fingerprint density at radius 3 is 2.47 bits per heavy atom. The highest BCUT2D eigenvalue weighted by Crippen LogP contribution is 2.11. The van der Waals surface area contributed by atoms with Crippen LogP contribution in [0, 0.1) is 5.92 Å². The van der Waals surface area contributed by atoms with E-state index in [1.54, 1.807) is 4.90 Å². The topological polar surface area (TPSA) is 32.3 Å². The van der Waals surface area contributed by atoms with Gasteiger partial charge in [0.05, 0.1) is 0 Å². The highest BCUT2D eigenvalue weighted by Gasteiger charge is 2.06. The van der Waals surface area contributed by atoms with Crippen LogP contribution in [0.3, 0.4) is 0 Å². The summed E-state index contributed by atoms with van der Waals surface area (Å²) in [6.45, 7) is 6.57. The van der Waals surface area contributed by atoms with Crippen molar-refractivity contribution in [1.29, 1.82) is 0 Å². The van der Waals surface area contributed by atoms with Gasteiger partial charge in [-0.25, -0.2) is 0 Å². The monoisotopic (exact) mass is 242 g/mol. The fraction of sp³-hybridized carbons (Fsp3) is 0.929. The van der Waals surface area contributed by atoms with Crippen LogP contribution in [0.2, 0.25) is 0 Å². The number of hydrogen-bond acceptors (Lipinski definition) is 2. The van der Waals surface area contributed by atoms with Gasteiger partial charge in [0.1, 0.15) is 0 Å². The Bertz CT molecular complexity index is 193. The van der Waals surface area contributed by atoms with E-state index in [4.69, 9.17) is 0 Å². The number of carbonyl (C=O) groups excluding carboxylic acids is 1. The van der Waals surface area contributed by atoms with Crippen molar-refractivity contribution < 1.29 is 4.79 Å². The van der Waals surface area contributed by atoms with Gasteiger partial charge in [0, 0.05) is 20.5 Å². The molecular formula is C14H30N2O. The third kappa shape index (κ3) is 9.16. The molecule has 0 aliphatic rings. The SMILES string of the molecule is CCCCC(CC)CNCCCC(=O)N(C)C. The molecule has 0 spiro atoms. The molecule has 1 N–H and O–H groups in total. The van der Waals surface area contributed by atoms with Crippen molar-refractivity contribution in [2.75, 3.05) is 27.2 Å². The van der Waals surface area contributed by atoms with Gasteiger partial charge in [-0.15, -0.1) is 0 Å². The summed E-state index contributed by atoms with van der Waals surface area (Å²) in [7, 11) is 3.63. The molecule has 0 radical (unpaired) electrons. The Morgan fingerprint density at radius 2 is 1.94 bits per heavy atom. The highest BCUT2D eigenvalue weighted by atomic mass is 16.2. The predicted octanol–water partition coefficient (Wildman–Crippen LogP) is 2.66. The van der Waals surface area contributed by atoms with Crippen LogP contribution in [0.5, 0.6) is 0 Å². The summed E-state index contributed by atoms with van der Waals surface area (Å²) in [5.41, 5.74) is 0. The Balaban J connectivity index is 3.45. The molecule has 1 atom stereocenters. The number of hydrogen-bond donors (Lipinski definition) is 1. The Morgan fingerprint density at radius 1 is 1.24 bits per heavy atom. The van der Waals surface area contributed by atoms with Crippen LogP contribution in [0.1, 0.15) is 52.4 Å². The van der Waals surface area contributed by atoms with Gasteiger partial charge in [-0.05, 0) is 31.8 Å². The Kier molecular flexibility index (Phi) is 10.2. The lowest BCUT2D eigenvalue weighted by Gasteiger charge is -2.15. The highest BCUT2D eigenvalue weighted by molar-refractivity contribution is 5.75. The van der Waals surface area contributed by atoms with Crippen LogP contribution in [0.25, 0.3) is 0 Å². The molecule has 0 aromatic rings. The van der Waals surface area contributed by atoms with E-state index in [1.807, 2.05) is 14.1 Å². The minimum Gasteiger partial charge on any atom is -0.349 e. The molecule has 102 valence electrons. The van der Waals surface area contributed by atoms with Gasteiger partial charge in [-0.2, -0.15) is 0 Å². The van der Waals surface area contributed by atoms with E-state index in [0.717, 1.165) is 25.4 Å². The summed E-state index contributed by atoms with van der Waals surface area (Å²) in [5.74, 6) is 1.03. The van der Waals surface area contributed by atoms with Crippen molar-refractivity contribution in [1.82, 2.24) is 10.2 Å². The second kappa shape index (κ2) is 10.6. The second-order valence-corrected chi connectivity index (χ2v) is 5.01. The van der Waals surface area contributed by atoms with Gasteiger partial charge in [0.2, 0.25) is 5.91 Å².